The van der Waals surface area contributed by atoms with Crippen molar-refractivity contribution in [1.29, 1.82) is 0 Å². The molecule has 5 rings (SSSR count). The van der Waals surface area contributed by atoms with Crippen LogP contribution >= 0.6 is 0 Å². The number of hydrogen-bond acceptors (Lipinski definition) is 3. The van der Waals surface area contributed by atoms with E-state index in [0.29, 0.717) is 41.6 Å². The van der Waals surface area contributed by atoms with Crippen molar-refractivity contribution in [1.82, 2.24) is 0 Å². The van der Waals surface area contributed by atoms with Gasteiger partial charge in [-0.25, -0.2) is 4.79 Å². The lowest BCUT2D eigenvalue weighted by atomic mass is 9.43. The van der Waals surface area contributed by atoms with Crippen LogP contribution in [0.1, 0.15) is 116 Å². The molecule has 2 unspecified atom stereocenters. The normalized spacial score (nSPS) is 40.3. The third-order valence-corrected chi connectivity index (χ3v) is 12.9. The average Bonchev–Trinajstić information content (AvgIpc) is 3.28. The fourth-order valence-corrected chi connectivity index (χ4v) is 10.4. The maximum atomic E-state index is 13.7. The second kappa shape index (κ2) is 11.2. The highest BCUT2D eigenvalue weighted by atomic mass is 19.4. The fourth-order valence-electron chi connectivity index (χ4n) is 10.4. The van der Waals surface area contributed by atoms with E-state index in [0.717, 1.165) is 38.5 Å². The minimum atomic E-state index is -4.54. The molecular weight excluding hydrogens is 525 g/mol. The number of hydrogen-bond donors (Lipinski definition) is 1. The van der Waals surface area contributed by atoms with Gasteiger partial charge in [0.1, 0.15) is 6.10 Å². The van der Waals surface area contributed by atoms with Crippen LogP contribution in [0.25, 0.3) is 0 Å². The summed E-state index contributed by atoms with van der Waals surface area (Å²) in [6.45, 7) is 11.4. The Balaban J connectivity index is 1.23. The van der Waals surface area contributed by atoms with Crippen molar-refractivity contribution in [2.75, 3.05) is 0 Å². The van der Waals surface area contributed by atoms with E-state index in [1.54, 1.807) is 12.1 Å². The standard InChI is InChI=1S/C35H51F3O3/c1-22(2)30(41-31(39)24-9-7-6-8-10-24)16-11-23(3)27-14-15-28-26-13-12-25-21-34(40,35(36,37)38)20-19-32(25,4)29(26)17-18-33(27,28)5/h6-10,22-23,25-30,40H,11-21H2,1-5H3/t23-,25?,26-,27-,28?,29-,30-,32-,33+,34-/m0/s1. The van der Waals surface area contributed by atoms with E-state index < -0.39 is 11.8 Å². The summed E-state index contributed by atoms with van der Waals surface area (Å²) >= 11 is 0. The summed E-state index contributed by atoms with van der Waals surface area (Å²) in [5.74, 6) is 2.79. The smallest absolute Gasteiger partial charge is 0.417 e. The van der Waals surface area contributed by atoms with Crippen LogP contribution in [0.15, 0.2) is 30.3 Å². The highest BCUT2D eigenvalue weighted by molar-refractivity contribution is 5.89. The van der Waals surface area contributed by atoms with Crippen LogP contribution in [0.4, 0.5) is 13.2 Å². The van der Waals surface area contributed by atoms with Crippen molar-refractivity contribution in [3.63, 3.8) is 0 Å². The SMILES string of the molecule is CC(C)[C@H](CC[C@H](C)[C@@H]1CCC2[C@@H]3CCC4C[C@](O)(C(F)(F)F)CC[C@]4(C)[C@H]3CC[C@@]21C)OC(=O)c1ccccc1. The highest BCUT2D eigenvalue weighted by Gasteiger charge is 2.65. The second-order valence-electron chi connectivity index (χ2n) is 15.2. The molecule has 3 nitrogen and oxygen atoms in total. The van der Waals surface area contributed by atoms with Crippen LogP contribution in [0, 0.1) is 52.3 Å². The van der Waals surface area contributed by atoms with Crippen LogP contribution in [0.2, 0.25) is 0 Å². The monoisotopic (exact) mass is 576 g/mol. The largest absolute Gasteiger partial charge is 0.459 e. The Hall–Kier alpha value is -1.56. The van der Waals surface area contributed by atoms with Gasteiger partial charge in [0.2, 0.25) is 0 Å². The number of ether oxygens (including phenoxy) is 1. The first-order valence-corrected chi connectivity index (χ1v) is 16.2. The molecule has 230 valence electrons. The maximum Gasteiger partial charge on any atom is 0.417 e. The van der Waals surface area contributed by atoms with Crippen LogP contribution in [0.5, 0.6) is 0 Å². The molecule has 1 aromatic carbocycles. The lowest BCUT2D eigenvalue weighted by Crippen LogP contribution is -2.59. The van der Waals surface area contributed by atoms with Gasteiger partial charge < -0.3 is 9.84 Å². The van der Waals surface area contributed by atoms with Crippen LogP contribution in [-0.4, -0.2) is 29.0 Å². The van der Waals surface area contributed by atoms with Crippen molar-refractivity contribution >= 4 is 5.97 Å². The van der Waals surface area contributed by atoms with E-state index in [1.807, 2.05) is 18.2 Å². The number of fused-ring (bicyclic) bond motifs is 5. The Kier molecular flexibility index (Phi) is 8.42. The Morgan fingerprint density at radius 3 is 2.27 bits per heavy atom. The number of halogens is 3. The van der Waals surface area contributed by atoms with Gasteiger partial charge in [-0.1, -0.05) is 52.8 Å². The van der Waals surface area contributed by atoms with Gasteiger partial charge in [-0.15, -0.1) is 0 Å². The molecule has 6 heteroatoms. The summed E-state index contributed by atoms with van der Waals surface area (Å²) in [6.07, 6.45) is 3.95. The van der Waals surface area contributed by atoms with E-state index in [9.17, 15) is 23.1 Å². The molecule has 41 heavy (non-hydrogen) atoms. The molecule has 0 heterocycles. The van der Waals surface area contributed by atoms with E-state index >= 15 is 0 Å². The first-order valence-electron chi connectivity index (χ1n) is 16.2. The molecule has 0 radical (unpaired) electrons. The van der Waals surface area contributed by atoms with Gasteiger partial charge in [0, 0.05) is 0 Å². The molecule has 4 aliphatic rings. The van der Waals surface area contributed by atoms with Gasteiger partial charge in [0.25, 0.3) is 0 Å². The molecule has 0 saturated heterocycles. The van der Waals surface area contributed by atoms with Gasteiger partial charge in [0.05, 0.1) is 5.56 Å². The summed E-state index contributed by atoms with van der Waals surface area (Å²) in [5, 5.41) is 10.5. The lowest BCUT2D eigenvalue weighted by Gasteiger charge is -2.62. The fraction of sp³-hybridized carbons (Fsp3) is 0.800. The van der Waals surface area contributed by atoms with Gasteiger partial charge in [0.15, 0.2) is 5.60 Å². The number of benzene rings is 1. The van der Waals surface area contributed by atoms with E-state index in [2.05, 4.69) is 34.6 Å². The van der Waals surface area contributed by atoms with Crippen LogP contribution < -0.4 is 0 Å². The van der Waals surface area contributed by atoms with Crippen molar-refractivity contribution in [2.24, 2.45) is 52.3 Å². The molecule has 0 spiro atoms. The molecule has 4 aliphatic carbocycles. The highest BCUT2D eigenvalue weighted by Crippen LogP contribution is 2.69. The molecule has 0 bridgehead atoms. The third-order valence-electron chi connectivity index (χ3n) is 12.9. The van der Waals surface area contributed by atoms with E-state index in [-0.39, 0.29) is 47.6 Å². The number of aliphatic hydroxyl groups is 1. The average molecular weight is 577 g/mol. The van der Waals surface area contributed by atoms with Crippen molar-refractivity contribution < 1.29 is 27.8 Å². The zero-order valence-electron chi connectivity index (χ0n) is 25.7. The predicted octanol–water partition coefficient (Wildman–Crippen LogP) is 9.24. The molecule has 1 N–H and O–H groups in total. The molecule has 10 atom stereocenters. The zero-order chi connectivity index (χ0) is 29.8. The number of carbonyl (C=O) groups is 1. The van der Waals surface area contributed by atoms with Crippen molar-refractivity contribution in [3.05, 3.63) is 35.9 Å². The Morgan fingerprint density at radius 1 is 0.927 bits per heavy atom. The Bertz CT molecular complexity index is 1070. The predicted molar refractivity (Wildman–Crippen MR) is 155 cm³/mol. The minimum absolute atomic E-state index is 0.0452. The molecule has 4 fully saturated rings. The molecule has 0 aliphatic heterocycles. The first-order chi connectivity index (χ1) is 19.2. The first kappa shape index (κ1) is 30.9. The number of carbonyl (C=O) groups excluding carboxylic acids is 1. The van der Waals surface area contributed by atoms with E-state index in [1.165, 1.54) is 12.8 Å². The molecular formula is C35H51F3O3. The molecule has 4 saturated carbocycles. The maximum absolute atomic E-state index is 13.7. The second-order valence-corrected chi connectivity index (χ2v) is 15.2. The quantitative estimate of drug-likeness (QED) is 0.329. The number of esters is 1. The Labute approximate surface area is 245 Å². The summed E-state index contributed by atoms with van der Waals surface area (Å²) in [6, 6.07) is 9.22. The molecule has 0 aromatic heterocycles. The topological polar surface area (TPSA) is 46.5 Å². The van der Waals surface area contributed by atoms with Crippen molar-refractivity contribution in [2.45, 2.75) is 123 Å². The van der Waals surface area contributed by atoms with Gasteiger partial charge in [-0.3, -0.25) is 0 Å². The van der Waals surface area contributed by atoms with Gasteiger partial charge in [-0.2, -0.15) is 13.2 Å². The molecule has 1 aromatic rings. The number of rotatable bonds is 7. The minimum Gasteiger partial charge on any atom is -0.459 e. The summed E-state index contributed by atoms with van der Waals surface area (Å²) < 4.78 is 47.1. The third kappa shape index (κ3) is 5.49. The number of alkyl halides is 3. The van der Waals surface area contributed by atoms with Gasteiger partial charge in [-0.05, 0) is 135 Å². The summed E-state index contributed by atoms with van der Waals surface area (Å²) in [7, 11) is 0. The van der Waals surface area contributed by atoms with Crippen molar-refractivity contribution in [3.8, 4) is 0 Å². The van der Waals surface area contributed by atoms with Crippen LogP contribution in [-0.2, 0) is 4.74 Å². The zero-order valence-corrected chi connectivity index (χ0v) is 25.7. The lowest BCUT2D eigenvalue weighted by molar-refractivity contribution is -0.290. The summed E-state index contributed by atoms with van der Waals surface area (Å²) in [5.41, 5.74) is -1.75. The van der Waals surface area contributed by atoms with Gasteiger partial charge >= 0.3 is 12.1 Å². The van der Waals surface area contributed by atoms with E-state index in [4.69, 9.17) is 4.74 Å². The Morgan fingerprint density at radius 2 is 1.61 bits per heavy atom. The summed E-state index contributed by atoms with van der Waals surface area (Å²) in [4.78, 5) is 12.8. The molecule has 0 amide bonds. The van der Waals surface area contributed by atoms with Crippen LogP contribution in [0.3, 0.4) is 0 Å².